The van der Waals surface area contributed by atoms with E-state index in [-0.39, 0.29) is 11.9 Å². The highest BCUT2D eigenvalue weighted by Gasteiger charge is 2.05. The third-order valence-electron chi connectivity index (χ3n) is 3.01. The summed E-state index contributed by atoms with van der Waals surface area (Å²) in [6.45, 7) is 4.28. The summed E-state index contributed by atoms with van der Waals surface area (Å²) < 4.78 is 18.7. The molecule has 2 aromatic rings. The lowest BCUT2D eigenvalue weighted by molar-refractivity contribution is 0.303. The first-order chi connectivity index (χ1) is 9.06. The second kappa shape index (κ2) is 5.85. The third-order valence-corrected chi connectivity index (χ3v) is 3.01. The van der Waals surface area contributed by atoms with E-state index < -0.39 is 0 Å². The van der Waals surface area contributed by atoms with Gasteiger partial charge >= 0.3 is 0 Å². The Bertz CT molecular complexity index is 566. The fraction of sp³-hybridized carbons (Fsp3) is 0.250. The highest BCUT2D eigenvalue weighted by molar-refractivity contribution is 5.37. The molecule has 0 amide bonds. The van der Waals surface area contributed by atoms with Crippen LogP contribution in [0.5, 0.6) is 5.75 Å². The summed E-state index contributed by atoms with van der Waals surface area (Å²) >= 11 is 0. The number of rotatable bonds is 4. The van der Waals surface area contributed by atoms with Gasteiger partial charge in [0.25, 0.3) is 0 Å². The van der Waals surface area contributed by atoms with Gasteiger partial charge in [0, 0.05) is 6.04 Å². The Morgan fingerprint density at radius 2 is 2.00 bits per heavy atom. The van der Waals surface area contributed by atoms with Crippen LogP contribution in [0.2, 0.25) is 0 Å². The topological polar surface area (TPSA) is 35.2 Å². The molecule has 19 heavy (non-hydrogen) atoms. The molecule has 0 saturated carbocycles. The van der Waals surface area contributed by atoms with Gasteiger partial charge in [-0.2, -0.15) is 0 Å². The normalized spacial score (nSPS) is 12.2. The number of ether oxygens (including phenoxy) is 1. The van der Waals surface area contributed by atoms with Crippen molar-refractivity contribution < 1.29 is 9.13 Å². The number of halogens is 1. The molecule has 0 aliphatic carbocycles. The standard InChI is InChI=1S/C16H18FNO/c1-11-8-14(12(2)18)6-7-16(11)19-10-13-4-3-5-15(17)9-13/h3-9,12H,10,18H2,1-2H3/t12-/m0/s1. The van der Waals surface area contributed by atoms with Gasteiger partial charge in [-0.05, 0) is 48.7 Å². The zero-order chi connectivity index (χ0) is 13.8. The lowest BCUT2D eigenvalue weighted by atomic mass is 10.1. The van der Waals surface area contributed by atoms with Gasteiger partial charge in [0.15, 0.2) is 0 Å². The molecule has 2 rings (SSSR count). The Morgan fingerprint density at radius 1 is 1.21 bits per heavy atom. The van der Waals surface area contributed by atoms with Crippen LogP contribution in [0.3, 0.4) is 0 Å². The molecule has 2 N–H and O–H groups in total. The van der Waals surface area contributed by atoms with E-state index in [0.717, 1.165) is 22.4 Å². The van der Waals surface area contributed by atoms with Crippen LogP contribution in [0.25, 0.3) is 0 Å². The molecule has 0 saturated heterocycles. The van der Waals surface area contributed by atoms with Gasteiger partial charge in [0.05, 0.1) is 0 Å². The van der Waals surface area contributed by atoms with E-state index in [2.05, 4.69) is 0 Å². The molecule has 0 radical (unpaired) electrons. The number of aryl methyl sites for hydroxylation is 1. The first-order valence-electron chi connectivity index (χ1n) is 6.29. The Morgan fingerprint density at radius 3 is 2.63 bits per heavy atom. The molecule has 1 atom stereocenters. The molecule has 0 aromatic heterocycles. The quantitative estimate of drug-likeness (QED) is 0.908. The number of hydrogen-bond acceptors (Lipinski definition) is 2. The van der Waals surface area contributed by atoms with Crippen molar-refractivity contribution in [3.8, 4) is 5.75 Å². The maximum Gasteiger partial charge on any atom is 0.123 e. The van der Waals surface area contributed by atoms with Gasteiger partial charge in [-0.25, -0.2) is 4.39 Å². The van der Waals surface area contributed by atoms with Gasteiger partial charge in [0.1, 0.15) is 18.2 Å². The molecule has 2 nitrogen and oxygen atoms in total. The van der Waals surface area contributed by atoms with Gasteiger partial charge in [-0.3, -0.25) is 0 Å². The molecule has 0 aliphatic rings. The van der Waals surface area contributed by atoms with Gasteiger partial charge in [-0.1, -0.05) is 24.3 Å². The number of benzene rings is 2. The molecule has 0 aliphatic heterocycles. The summed E-state index contributed by atoms with van der Waals surface area (Å²) in [5.41, 5.74) is 8.76. The van der Waals surface area contributed by atoms with E-state index in [4.69, 9.17) is 10.5 Å². The molecule has 0 heterocycles. The zero-order valence-electron chi connectivity index (χ0n) is 11.2. The van der Waals surface area contributed by atoms with Crippen molar-refractivity contribution in [2.75, 3.05) is 0 Å². The van der Waals surface area contributed by atoms with Crippen LogP contribution in [-0.2, 0) is 6.61 Å². The van der Waals surface area contributed by atoms with Crippen molar-refractivity contribution in [2.45, 2.75) is 26.5 Å². The highest BCUT2D eigenvalue weighted by atomic mass is 19.1. The van der Waals surface area contributed by atoms with Gasteiger partial charge in [-0.15, -0.1) is 0 Å². The fourth-order valence-corrected chi connectivity index (χ4v) is 1.91. The second-order valence-corrected chi connectivity index (χ2v) is 4.73. The highest BCUT2D eigenvalue weighted by Crippen LogP contribution is 2.22. The second-order valence-electron chi connectivity index (χ2n) is 4.73. The van der Waals surface area contributed by atoms with E-state index >= 15 is 0 Å². The Kier molecular flexibility index (Phi) is 4.17. The van der Waals surface area contributed by atoms with E-state index in [1.807, 2.05) is 38.1 Å². The summed E-state index contributed by atoms with van der Waals surface area (Å²) in [5, 5.41) is 0. The summed E-state index contributed by atoms with van der Waals surface area (Å²) in [6.07, 6.45) is 0. The van der Waals surface area contributed by atoms with Crippen LogP contribution >= 0.6 is 0 Å². The first kappa shape index (κ1) is 13.6. The molecule has 2 aromatic carbocycles. The molecule has 100 valence electrons. The molecule has 0 fully saturated rings. The monoisotopic (exact) mass is 259 g/mol. The molecule has 0 bridgehead atoms. The van der Waals surface area contributed by atoms with E-state index in [1.165, 1.54) is 12.1 Å². The third kappa shape index (κ3) is 3.55. The van der Waals surface area contributed by atoms with Crippen molar-refractivity contribution in [3.63, 3.8) is 0 Å². The van der Waals surface area contributed by atoms with Crippen molar-refractivity contribution in [1.82, 2.24) is 0 Å². The Balaban J connectivity index is 2.07. The van der Waals surface area contributed by atoms with E-state index in [0.29, 0.717) is 6.61 Å². The van der Waals surface area contributed by atoms with Gasteiger partial charge in [0.2, 0.25) is 0 Å². The molecular weight excluding hydrogens is 241 g/mol. The average Bonchev–Trinajstić information content (AvgIpc) is 2.37. The SMILES string of the molecule is Cc1cc([C@H](C)N)ccc1OCc1cccc(F)c1. The van der Waals surface area contributed by atoms with E-state index in [9.17, 15) is 4.39 Å². The van der Waals surface area contributed by atoms with E-state index in [1.54, 1.807) is 6.07 Å². The molecule has 3 heteroatoms. The van der Waals surface area contributed by atoms with Crippen molar-refractivity contribution in [2.24, 2.45) is 5.73 Å². The zero-order valence-corrected chi connectivity index (χ0v) is 11.2. The summed E-state index contributed by atoms with van der Waals surface area (Å²) in [5.74, 6) is 0.554. The Labute approximate surface area is 113 Å². The van der Waals surface area contributed by atoms with Gasteiger partial charge < -0.3 is 10.5 Å². The predicted molar refractivity (Wildman–Crippen MR) is 74.5 cm³/mol. The maximum absolute atomic E-state index is 13.0. The van der Waals surface area contributed by atoms with Crippen LogP contribution in [0.1, 0.15) is 29.7 Å². The molecule has 0 unspecified atom stereocenters. The van der Waals surface area contributed by atoms with Crippen molar-refractivity contribution in [3.05, 3.63) is 65.0 Å². The van der Waals surface area contributed by atoms with Crippen LogP contribution in [0.4, 0.5) is 4.39 Å². The fourth-order valence-electron chi connectivity index (χ4n) is 1.91. The largest absolute Gasteiger partial charge is 0.489 e. The first-order valence-corrected chi connectivity index (χ1v) is 6.29. The van der Waals surface area contributed by atoms with Crippen LogP contribution in [-0.4, -0.2) is 0 Å². The minimum Gasteiger partial charge on any atom is -0.489 e. The molecule has 0 spiro atoms. The minimum atomic E-state index is -0.245. The maximum atomic E-state index is 13.0. The average molecular weight is 259 g/mol. The summed E-state index contributed by atoms with van der Waals surface area (Å²) in [7, 11) is 0. The smallest absolute Gasteiger partial charge is 0.123 e. The van der Waals surface area contributed by atoms with Crippen molar-refractivity contribution >= 4 is 0 Å². The van der Waals surface area contributed by atoms with Crippen LogP contribution < -0.4 is 10.5 Å². The summed E-state index contributed by atoms with van der Waals surface area (Å²) in [4.78, 5) is 0. The Hall–Kier alpha value is -1.87. The van der Waals surface area contributed by atoms with Crippen LogP contribution in [0, 0.1) is 12.7 Å². The predicted octanol–water partition coefficient (Wildman–Crippen LogP) is 3.73. The molecular formula is C16H18FNO. The lowest BCUT2D eigenvalue weighted by Crippen LogP contribution is -2.05. The number of hydrogen-bond donors (Lipinski definition) is 1. The summed E-state index contributed by atoms with van der Waals surface area (Å²) in [6, 6.07) is 12.3. The van der Waals surface area contributed by atoms with Crippen LogP contribution in [0.15, 0.2) is 42.5 Å². The minimum absolute atomic E-state index is 0.0102. The number of nitrogens with two attached hydrogens (primary N) is 1. The lowest BCUT2D eigenvalue weighted by Gasteiger charge is -2.12. The van der Waals surface area contributed by atoms with Crippen molar-refractivity contribution in [1.29, 1.82) is 0 Å².